The first-order chi connectivity index (χ1) is 6.97. The Morgan fingerprint density at radius 1 is 1.27 bits per heavy atom. The molecule has 3 nitrogen and oxygen atoms in total. The van der Waals surface area contributed by atoms with Crippen LogP contribution >= 0.6 is 0 Å². The number of nitrogens with one attached hydrogen (secondary N) is 1. The van der Waals surface area contributed by atoms with Crippen LogP contribution in [0.1, 0.15) is 40.5 Å². The van der Waals surface area contributed by atoms with E-state index < -0.39 is 5.97 Å². The first kappa shape index (κ1) is 14.4. The van der Waals surface area contributed by atoms with Gasteiger partial charge in [-0.3, -0.25) is 4.79 Å². The Morgan fingerprint density at radius 2 is 1.87 bits per heavy atom. The van der Waals surface area contributed by atoms with E-state index in [-0.39, 0.29) is 5.92 Å². The zero-order valence-electron chi connectivity index (χ0n) is 10.4. The van der Waals surface area contributed by atoms with Crippen molar-refractivity contribution in [3.63, 3.8) is 0 Å². The number of rotatable bonds is 8. The van der Waals surface area contributed by atoms with E-state index >= 15 is 0 Å². The summed E-state index contributed by atoms with van der Waals surface area (Å²) in [6, 6.07) is 0. The SMILES string of the molecule is CCC(C)CNCC(CC(C)C)C(=O)O. The van der Waals surface area contributed by atoms with E-state index in [9.17, 15) is 4.79 Å². The molecule has 0 spiro atoms. The van der Waals surface area contributed by atoms with Gasteiger partial charge in [-0.15, -0.1) is 0 Å². The fourth-order valence-electron chi connectivity index (χ4n) is 1.49. The molecule has 15 heavy (non-hydrogen) atoms. The molecule has 0 heterocycles. The van der Waals surface area contributed by atoms with E-state index in [4.69, 9.17) is 5.11 Å². The van der Waals surface area contributed by atoms with Crippen LogP contribution in [0.2, 0.25) is 0 Å². The normalized spacial score (nSPS) is 15.3. The summed E-state index contributed by atoms with van der Waals surface area (Å²) in [6.07, 6.45) is 1.89. The van der Waals surface area contributed by atoms with Gasteiger partial charge in [0.15, 0.2) is 0 Å². The zero-order chi connectivity index (χ0) is 11.8. The Bertz CT molecular complexity index is 180. The van der Waals surface area contributed by atoms with E-state index in [1.165, 1.54) is 0 Å². The monoisotopic (exact) mass is 215 g/mol. The summed E-state index contributed by atoms with van der Waals surface area (Å²) in [4.78, 5) is 10.9. The van der Waals surface area contributed by atoms with Crippen molar-refractivity contribution in [1.82, 2.24) is 5.32 Å². The number of hydrogen-bond acceptors (Lipinski definition) is 2. The molecule has 0 aliphatic rings. The molecule has 0 bridgehead atoms. The lowest BCUT2D eigenvalue weighted by Crippen LogP contribution is -2.32. The lowest BCUT2D eigenvalue weighted by atomic mass is 9.97. The lowest BCUT2D eigenvalue weighted by Gasteiger charge is -2.17. The highest BCUT2D eigenvalue weighted by molar-refractivity contribution is 5.70. The number of carbonyl (C=O) groups is 1. The van der Waals surface area contributed by atoms with E-state index in [2.05, 4.69) is 33.0 Å². The maximum atomic E-state index is 10.9. The van der Waals surface area contributed by atoms with Crippen molar-refractivity contribution in [3.05, 3.63) is 0 Å². The first-order valence-electron chi connectivity index (χ1n) is 5.90. The van der Waals surface area contributed by atoms with Crippen molar-refractivity contribution in [2.24, 2.45) is 17.8 Å². The minimum absolute atomic E-state index is 0.242. The summed E-state index contributed by atoms with van der Waals surface area (Å²) in [5.41, 5.74) is 0. The van der Waals surface area contributed by atoms with Gasteiger partial charge in [-0.2, -0.15) is 0 Å². The van der Waals surface area contributed by atoms with Gasteiger partial charge in [-0.1, -0.05) is 34.1 Å². The van der Waals surface area contributed by atoms with E-state index in [1.807, 2.05) is 0 Å². The number of carboxylic acid groups (broad SMARTS) is 1. The Balaban J connectivity index is 3.81. The Morgan fingerprint density at radius 3 is 2.27 bits per heavy atom. The van der Waals surface area contributed by atoms with Gasteiger partial charge in [0.1, 0.15) is 0 Å². The molecule has 0 aliphatic heterocycles. The third kappa shape index (κ3) is 7.37. The molecule has 3 heteroatoms. The van der Waals surface area contributed by atoms with Crippen molar-refractivity contribution >= 4 is 5.97 Å². The maximum absolute atomic E-state index is 10.9. The average Bonchev–Trinajstić information content (AvgIpc) is 2.15. The highest BCUT2D eigenvalue weighted by Crippen LogP contribution is 2.11. The van der Waals surface area contributed by atoms with E-state index in [1.54, 1.807) is 0 Å². The molecule has 0 saturated carbocycles. The Hall–Kier alpha value is -0.570. The summed E-state index contributed by atoms with van der Waals surface area (Å²) in [7, 11) is 0. The predicted molar refractivity (Wildman–Crippen MR) is 62.9 cm³/mol. The molecule has 0 rings (SSSR count). The van der Waals surface area contributed by atoms with Crippen molar-refractivity contribution in [2.45, 2.75) is 40.5 Å². The average molecular weight is 215 g/mol. The van der Waals surface area contributed by atoms with Crippen LogP contribution in [0.5, 0.6) is 0 Å². The van der Waals surface area contributed by atoms with Crippen molar-refractivity contribution in [2.75, 3.05) is 13.1 Å². The van der Waals surface area contributed by atoms with Gasteiger partial charge >= 0.3 is 5.97 Å². The first-order valence-corrected chi connectivity index (χ1v) is 5.90. The van der Waals surface area contributed by atoms with Gasteiger partial charge in [0, 0.05) is 6.54 Å². The molecule has 0 radical (unpaired) electrons. The summed E-state index contributed by atoms with van der Waals surface area (Å²) in [6.45, 7) is 9.95. The highest BCUT2D eigenvalue weighted by atomic mass is 16.4. The number of carboxylic acids is 1. The Labute approximate surface area is 93.3 Å². The Kier molecular flexibility index (Phi) is 7.39. The second-order valence-electron chi connectivity index (χ2n) is 4.84. The van der Waals surface area contributed by atoms with Crippen LogP contribution in [0.25, 0.3) is 0 Å². The van der Waals surface area contributed by atoms with Gasteiger partial charge in [-0.05, 0) is 24.8 Å². The van der Waals surface area contributed by atoms with Gasteiger partial charge in [0.25, 0.3) is 0 Å². The summed E-state index contributed by atoms with van der Waals surface area (Å²) in [5.74, 6) is 0.143. The van der Waals surface area contributed by atoms with Crippen LogP contribution in [-0.4, -0.2) is 24.2 Å². The minimum atomic E-state index is -0.680. The molecule has 0 aromatic heterocycles. The van der Waals surface area contributed by atoms with Crippen LogP contribution in [0, 0.1) is 17.8 Å². The van der Waals surface area contributed by atoms with Crippen molar-refractivity contribution in [1.29, 1.82) is 0 Å². The topological polar surface area (TPSA) is 49.3 Å². The standard InChI is InChI=1S/C12H25NO2/c1-5-10(4)7-13-8-11(12(14)15)6-9(2)3/h9-11,13H,5-8H2,1-4H3,(H,14,15). The summed E-state index contributed by atoms with van der Waals surface area (Å²) in [5, 5.41) is 12.2. The molecule has 0 aromatic carbocycles. The van der Waals surface area contributed by atoms with Crippen LogP contribution in [0.3, 0.4) is 0 Å². The van der Waals surface area contributed by atoms with Gasteiger partial charge < -0.3 is 10.4 Å². The number of hydrogen-bond donors (Lipinski definition) is 2. The smallest absolute Gasteiger partial charge is 0.307 e. The van der Waals surface area contributed by atoms with Gasteiger partial charge in [0.05, 0.1) is 5.92 Å². The third-order valence-electron chi connectivity index (χ3n) is 2.69. The molecular weight excluding hydrogens is 190 g/mol. The van der Waals surface area contributed by atoms with E-state index in [0.717, 1.165) is 19.4 Å². The second-order valence-corrected chi connectivity index (χ2v) is 4.84. The van der Waals surface area contributed by atoms with Crippen molar-refractivity contribution in [3.8, 4) is 0 Å². The quantitative estimate of drug-likeness (QED) is 0.653. The van der Waals surface area contributed by atoms with Crippen LogP contribution in [0.15, 0.2) is 0 Å². The summed E-state index contributed by atoms with van der Waals surface area (Å²) >= 11 is 0. The molecule has 90 valence electrons. The number of aliphatic carboxylic acids is 1. The molecule has 0 fully saturated rings. The molecule has 2 unspecified atom stereocenters. The van der Waals surface area contributed by atoms with E-state index in [0.29, 0.717) is 18.4 Å². The summed E-state index contributed by atoms with van der Waals surface area (Å²) < 4.78 is 0. The molecule has 0 aliphatic carbocycles. The second kappa shape index (κ2) is 7.69. The fraction of sp³-hybridized carbons (Fsp3) is 0.917. The van der Waals surface area contributed by atoms with Crippen LogP contribution in [0.4, 0.5) is 0 Å². The minimum Gasteiger partial charge on any atom is -0.481 e. The fourth-order valence-corrected chi connectivity index (χ4v) is 1.49. The highest BCUT2D eigenvalue weighted by Gasteiger charge is 2.18. The zero-order valence-corrected chi connectivity index (χ0v) is 10.4. The largest absolute Gasteiger partial charge is 0.481 e. The van der Waals surface area contributed by atoms with Crippen LogP contribution < -0.4 is 5.32 Å². The van der Waals surface area contributed by atoms with Gasteiger partial charge in [0.2, 0.25) is 0 Å². The van der Waals surface area contributed by atoms with Crippen LogP contribution in [-0.2, 0) is 4.79 Å². The maximum Gasteiger partial charge on any atom is 0.307 e. The molecule has 2 atom stereocenters. The molecule has 2 N–H and O–H groups in total. The molecular formula is C12H25NO2. The lowest BCUT2D eigenvalue weighted by molar-refractivity contribution is -0.142. The predicted octanol–water partition coefficient (Wildman–Crippen LogP) is 2.37. The molecule has 0 saturated heterocycles. The third-order valence-corrected chi connectivity index (χ3v) is 2.69. The van der Waals surface area contributed by atoms with Crippen molar-refractivity contribution < 1.29 is 9.90 Å². The van der Waals surface area contributed by atoms with Gasteiger partial charge in [-0.25, -0.2) is 0 Å². The molecule has 0 amide bonds. The molecule has 0 aromatic rings.